The number of allylic oxidation sites excluding steroid dienone is 2. The molecule has 0 bridgehead atoms. The molecule has 0 radical (unpaired) electrons. The van der Waals surface area contributed by atoms with Gasteiger partial charge in [-0.1, -0.05) is 29.8 Å². The van der Waals surface area contributed by atoms with Crippen molar-refractivity contribution in [1.29, 1.82) is 0 Å². The van der Waals surface area contributed by atoms with Gasteiger partial charge in [0.25, 0.3) is 0 Å². The van der Waals surface area contributed by atoms with E-state index in [9.17, 15) is 31.1 Å². The Kier molecular flexibility index (Phi) is 7.33. The van der Waals surface area contributed by atoms with Crippen LogP contribution in [0.2, 0.25) is 0 Å². The van der Waals surface area contributed by atoms with Gasteiger partial charge in [0.1, 0.15) is 0 Å². The molecule has 5 atom stereocenters. The molecule has 1 saturated heterocycles. The van der Waals surface area contributed by atoms with Gasteiger partial charge in [0, 0.05) is 37.2 Å². The minimum absolute atomic E-state index is 0.0811. The minimum Gasteiger partial charge on any atom is -0.374 e. The highest BCUT2D eigenvalue weighted by molar-refractivity contribution is 5.92. The van der Waals surface area contributed by atoms with E-state index in [0.29, 0.717) is 18.8 Å². The van der Waals surface area contributed by atoms with E-state index in [1.807, 2.05) is 31.2 Å². The maximum atomic E-state index is 13.5. The average molecular weight is 552 g/mol. The summed E-state index contributed by atoms with van der Waals surface area (Å²) in [5, 5.41) is 0. The quantitative estimate of drug-likeness (QED) is 0.355. The number of hydrogen-bond acceptors (Lipinski definition) is 3. The number of nitrogens with zero attached hydrogens (tertiary/aromatic N) is 1. The van der Waals surface area contributed by atoms with Gasteiger partial charge in [-0.05, 0) is 74.3 Å². The van der Waals surface area contributed by atoms with Crippen LogP contribution in [0, 0.1) is 18.8 Å². The molecule has 2 aromatic carbocycles. The lowest BCUT2D eigenvalue weighted by Crippen LogP contribution is -2.38. The number of aryl methyl sites for hydroxylation is 1. The number of carbonyl (C=O) groups excluding carboxylic acids is 1. The second-order valence-corrected chi connectivity index (χ2v) is 11.1. The summed E-state index contributed by atoms with van der Waals surface area (Å²) in [6.45, 7) is 5.06. The fourth-order valence-corrected chi connectivity index (χ4v) is 6.47. The highest BCUT2D eigenvalue weighted by Gasteiger charge is 2.47. The van der Waals surface area contributed by atoms with E-state index in [0.717, 1.165) is 54.9 Å². The van der Waals surface area contributed by atoms with Gasteiger partial charge in [-0.3, -0.25) is 4.79 Å². The van der Waals surface area contributed by atoms with E-state index >= 15 is 0 Å². The number of hydrogen-bond donors (Lipinski definition) is 0. The van der Waals surface area contributed by atoms with Crippen molar-refractivity contribution in [1.82, 2.24) is 4.90 Å². The van der Waals surface area contributed by atoms with Crippen LogP contribution in [0.25, 0.3) is 0 Å². The molecule has 3 nitrogen and oxygen atoms in total. The molecule has 1 heterocycles. The summed E-state index contributed by atoms with van der Waals surface area (Å²) in [5.41, 5.74) is 0.352. The van der Waals surface area contributed by atoms with Gasteiger partial charge < -0.3 is 9.64 Å². The van der Waals surface area contributed by atoms with Crippen LogP contribution in [0.5, 0.6) is 0 Å². The number of fused-ring (bicyclic) bond motifs is 1. The fraction of sp³-hybridized carbons (Fsp3) is 0.500. The lowest BCUT2D eigenvalue weighted by Gasteiger charge is -2.41. The molecule has 39 heavy (non-hydrogen) atoms. The molecule has 2 fully saturated rings. The zero-order chi connectivity index (χ0) is 28.1. The summed E-state index contributed by atoms with van der Waals surface area (Å²) in [7, 11) is 0. The second kappa shape index (κ2) is 10.3. The minimum atomic E-state index is -4.91. The van der Waals surface area contributed by atoms with Crippen molar-refractivity contribution in [3.63, 3.8) is 0 Å². The Labute approximate surface area is 223 Å². The Morgan fingerprint density at radius 1 is 0.897 bits per heavy atom. The average Bonchev–Trinajstić information content (AvgIpc) is 3.49. The van der Waals surface area contributed by atoms with Gasteiger partial charge in [0.2, 0.25) is 0 Å². The molecular formula is C30H31F6NO2. The number of halogens is 6. The topological polar surface area (TPSA) is 29.5 Å². The smallest absolute Gasteiger partial charge is 0.374 e. The van der Waals surface area contributed by atoms with Crippen molar-refractivity contribution >= 4 is 5.78 Å². The molecule has 3 aliphatic rings. The van der Waals surface area contributed by atoms with Crippen LogP contribution in [0.15, 0.2) is 54.2 Å². The van der Waals surface area contributed by atoms with Gasteiger partial charge in [0.15, 0.2) is 5.78 Å². The number of benzene rings is 2. The lowest BCUT2D eigenvalue weighted by atomic mass is 9.69. The van der Waals surface area contributed by atoms with E-state index in [1.165, 1.54) is 6.92 Å². The summed E-state index contributed by atoms with van der Waals surface area (Å²) in [6, 6.07) is 9.75. The van der Waals surface area contributed by atoms with Gasteiger partial charge in [0.05, 0.1) is 23.3 Å². The van der Waals surface area contributed by atoms with E-state index in [1.54, 1.807) is 6.08 Å². The van der Waals surface area contributed by atoms with Crippen LogP contribution >= 0.6 is 0 Å². The highest BCUT2D eigenvalue weighted by atomic mass is 19.4. The third-order valence-corrected chi connectivity index (χ3v) is 8.46. The molecule has 0 spiro atoms. The Balaban J connectivity index is 1.45. The normalized spacial score (nSPS) is 26.5. The van der Waals surface area contributed by atoms with Crippen LogP contribution in [-0.2, 0) is 21.9 Å². The van der Waals surface area contributed by atoms with Crippen molar-refractivity contribution < 1.29 is 35.9 Å². The lowest BCUT2D eigenvalue weighted by molar-refractivity contribution is -0.143. The summed E-state index contributed by atoms with van der Waals surface area (Å²) in [6.07, 6.45) is -6.75. The SMILES string of the molecule is Cc1ccc([C@H]2[C@@H]3CN(C4=CC(=O)CC4)C[C@H]3CC[C@@H]2O[C@H](C)c2cc(C(F)(F)F)cc(C(F)(F)F)c2)cc1. The van der Waals surface area contributed by atoms with Crippen LogP contribution < -0.4 is 0 Å². The predicted molar refractivity (Wildman–Crippen MR) is 134 cm³/mol. The van der Waals surface area contributed by atoms with Gasteiger partial charge in [-0.2, -0.15) is 26.3 Å². The second-order valence-electron chi connectivity index (χ2n) is 11.1. The summed E-state index contributed by atoms with van der Waals surface area (Å²) in [4.78, 5) is 14.1. The third-order valence-electron chi connectivity index (χ3n) is 8.46. The van der Waals surface area contributed by atoms with Gasteiger partial charge in [-0.25, -0.2) is 0 Å². The molecule has 0 N–H and O–H groups in total. The van der Waals surface area contributed by atoms with E-state index in [-0.39, 0.29) is 35.4 Å². The van der Waals surface area contributed by atoms with Gasteiger partial charge >= 0.3 is 12.4 Å². The van der Waals surface area contributed by atoms with Crippen LogP contribution in [0.3, 0.4) is 0 Å². The Morgan fingerprint density at radius 3 is 2.10 bits per heavy atom. The Bertz CT molecular complexity index is 1220. The first-order valence-electron chi connectivity index (χ1n) is 13.3. The summed E-state index contributed by atoms with van der Waals surface area (Å²) >= 11 is 0. The summed E-state index contributed by atoms with van der Waals surface area (Å²) < 4.78 is 87.2. The van der Waals surface area contributed by atoms with E-state index in [4.69, 9.17) is 4.74 Å². The number of ether oxygens (including phenoxy) is 1. The van der Waals surface area contributed by atoms with Crippen LogP contribution in [0.4, 0.5) is 26.3 Å². The zero-order valence-electron chi connectivity index (χ0n) is 21.8. The monoisotopic (exact) mass is 551 g/mol. The zero-order valence-corrected chi connectivity index (χ0v) is 21.8. The summed E-state index contributed by atoms with van der Waals surface area (Å²) in [5.74, 6) is 0.586. The Hall–Kier alpha value is -2.81. The maximum Gasteiger partial charge on any atom is 0.416 e. The van der Waals surface area contributed by atoms with E-state index < -0.39 is 29.6 Å². The molecule has 0 unspecified atom stereocenters. The number of likely N-dealkylation sites (tertiary alicyclic amines) is 1. The number of rotatable bonds is 5. The molecule has 1 saturated carbocycles. The standard InChI is InChI=1S/C30H31F6NO2/c1-17-3-5-19(6-4-17)28-26-16-37(24-8-9-25(38)14-24)15-20(26)7-10-27(28)39-18(2)21-11-22(29(31,32)33)13-23(12-21)30(34,35)36/h3-6,11-14,18,20,26-28H,7-10,15-16H2,1-2H3/t18-,20-,26-,27+,28+/m1/s1. The Morgan fingerprint density at radius 2 is 1.54 bits per heavy atom. The molecule has 2 aromatic rings. The molecular weight excluding hydrogens is 520 g/mol. The molecule has 9 heteroatoms. The molecule has 1 aliphatic heterocycles. The third kappa shape index (κ3) is 5.88. The van der Waals surface area contributed by atoms with Crippen molar-refractivity contribution in [3.8, 4) is 0 Å². The van der Waals surface area contributed by atoms with E-state index in [2.05, 4.69) is 4.90 Å². The van der Waals surface area contributed by atoms with Crippen molar-refractivity contribution in [3.05, 3.63) is 82.1 Å². The molecule has 5 rings (SSSR count). The molecule has 2 aliphatic carbocycles. The van der Waals surface area contributed by atoms with Crippen LogP contribution in [0.1, 0.15) is 72.4 Å². The van der Waals surface area contributed by atoms with Crippen molar-refractivity contribution in [2.45, 2.75) is 70.0 Å². The first-order chi connectivity index (χ1) is 18.3. The highest BCUT2D eigenvalue weighted by Crippen LogP contribution is 2.49. The first kappa shape index (κ1) is 27.7. The molecule has 0 amide bonds. The number of alkyl halides is 6. The van der Waals surface area contributed by atoms with Gasteiger partial charge in [-0.15, -0.1) is 0 Å². The fourth-order valence-electron chi connectivity index (χ4n) is 6.47. The maximum absolute atomic E-state index is 13.5. The van der Waals surface area contributed by atoms with Crippen molar-refractivity contribution in [2.75, 3.05) is 13.1 Å². The van der Waals surface area contributed by atoms with Crippen LogP contribution in [-0.4, -0.2) is 29.9 Å². The molecule has 0 aromatic heterocycles. The molecule has 210 valence electrons. The largest absolute Gasteiger partial charge is 0.416 e. The number of carbonyl (C=O) groups is 1. The first-order valence-corrected chi connectivity index (χ1v) is 13.3. The number of ketones is 1. The predicted octanol–water partition coefficient (Wildman–Crippen LogP) is 7.85. The van der Waals surface area contributed by atoms with Crippen molar-refractivity contribution in [2.24, 2.45) is 11.8 Å².